The van der Waals surface area contributed by atoms with Crippen LogP contribution in [0.5, 0.6) is 0 Å². The van der Waals surface area contributed by atoms with E-state index in [4.69, 9.17) is 0 Å². The molecule has 0 aromatic rings. The van der Waals surface area contributed by atoms with Gasteiger partial charge < -0.3 is 15.7 Å². The molecule has 0 rings (SSSR count). The van der Waals surface area contributed by atoms with Crippen LogP contribution < -0.4 is 10.6 Å². The molecule has 18 heavy (non-hydrogen) atoms. The van der Waals surface area contributed by atoms with Crippen LogP contribution in [0.15, 0.2) is 0 Å². The summed E-state index contributed by atoms with van der Waals surface area (Å²) in [6, 6.07) is -0.388. The van der Waals surface area contributed by atoms with Crippen molar-refractivity contribution < 1.29 is 14.7 Å². The molecule has 1 atom stereocenters. The van der Waals surface area contributed by atoms with Crippen LogP contribution in [0.25, 0.3) is 0 Å². The van der Waals surface area contributed by atoms with Gasteiger partial charge in [0, 0.05) is 11.8 Å². The Morgan fingerprint density at radius 3 is 2.22 bits per heavy atom. The molecule has 0 aromatic carbocycles. The Morgan fingerprint density at radius 1 is 1.28 bits per heavy atom. The Labute approximate surface area is 113 Å². The van der Waals surface area contributed by atoms with E-state index in [0.29, 0.717) is 12.8 Å². The molecule has 0 bridgehead atoms. The average Bonchev–Trinajstić information content (AvgIpc) is 2.33. The summed E-state index contributed by atoms with van der Waals surface area (Å²) in [5.74, 6) is 0.831. The number of hydrogen-bond donors (Lipinski definition) is 3. The number of hydrogen-bond acceptors (Lipinski definition) is 3. The summed E-state index contributed by atoms with van der Waals surface area (Å²) in [6.45, 7) is 7.48. The van der Waals surface area contributed by atoms with Crippen LogP contribution in [0.2, 0.25) is 0 Å². The van der Waals surface area contributed by atoms with Crippen molar-refractivity contribution in [2.24, 2.45) is 0 Å². The predicted molar refractivity (Wildman–Crippen MR) is 75.1 cm³/mol. The molecule has 1 unspecified atom stereocenters. The lowest BCUT2D eigenvalue weighted by Gasteiger charge is -2.28. The van der Waals surface area contributed by atoms with Crippen LogP contribution in [-0.4, -0.2) is 40.2 Å². The van der Waals surface area contributed by atoms with E-state index in [0.717, 1.165) is 11.5 Å². The lowest BCUT2D eigenvalue weighted by molar-refractivity contribution is -0.144. The number of thioether (sulfide) groups is 1. The Kier molecular flexibility index (Phi) is 7.82. The van der Waals surface area contributed by atoms with E-state index in [-0.39, 0.29) is 6.04 Å². The molecular formula is C12H24N2O3S. The zero-order valence-corrected chi connectivity index (χ0v) is 12.4. The minimum absolute atomic E-state index is 0.0233. The summed E-state index contributed by atoms with van der Waals surface area (Å²) < 4.78 is 0. The number of nitrogens with one attached hydrogen (secondary N) is 2. The predicted octanol–water partition coefficient (Wildman–Crippen LogP) is 2.07. The number of rotatable bonds is 8. The van der Waals surface area contributed by atoms with Crippen molar-refractivity contribution >= 4 is 23.8 Å². The molecule has 0 aliphatic carbocycles. The molecule has 2 amide bonds. The molecule has 0 saturated heterocycles. The highest BCUT2D eigenvalue weighted by molar-refractivity contribution is 7.99. The fourth-order valence-electron chi connectivity index (χ4n) is 1.60. The first-order valence-corrected chi connectivity index (χ1v) is 7.47. The van der Waals surface area contributed by atoms with Gasteiger partial charge in [-0.25, -0.2) is 9.59 Å². The summed E-state index contributed by atoms with van der Waals surface area (Å²) in [7, 11) is 0. The van der Waals surface area contributed by atoms with Crippen molar-refractivity contribution in [1.29, 1.82) is 0 Å². The molecule has 6 heteroatoms. The molecule has 0 aliphatic heterocycles. The van der Waals surface area contributed by atoms with Crippen LogP contribution in [-0.2, 0) is 4.79 Å². The molecule has 0 saturated carbocycles. The largest absolute Gasteiger partial charge is 0.480 e. The molecule has 0 radical (unpaired) electrons. The second-order valence-electron chi connectivity index (χ2n) is 4.25. The van der Waals surface area contributed by atoms with E-state index < -0.39 is 17.5 Å². The second-order valence-corrected chi connectivity index (χ2v) is 5.57. The average molecular weight is 276 g/mol. The van der Waals surface area contributed by atoms with Crippen LogP contribution in [0.1, 0.15) is 40.5 Å². The molecule has 0 aromatic heterocycles. The van der Waals surface area contributed by atoms with E-state index in [1.807, 2.05) is 6.92 Å². The highest BCUT2D eigenvalue weighted by Crippen LogP contribution is 2.15. The maximum absolute atomic E-state index is 11.8. The maximum Gasteiger partial charge on any atom is 0.329 e. The normalized spacial score (nSPS) is 12.9. The van der Waals surface area contributed by atoms with Gasteiger partial charge in [-0.15, -0.1) is 0 Å². The molecule has 5 nitrogen and oxygen atoms in total. The van der Waals surface area contributed by atoms with Gasteiger partial charge in [-0.3, -0.25) is 0 Å². The minimum Gasteiger partial charge on any atom is -0.480 e. The zero-order valence-electron chi connectivity index (χ0n) is 11.6. The number of urea groups is 1. The number of aliphatic carboxylic acids is 1. The lowest BCUT2D eigenvalue weighted by Crippen LogP contribution is -2.57. The van der Waals surface area contributed by atoms with Crippen LogP contribution in [0.3, 0.4) is 0 Å². The minimum atomic E-state index is -1.16. The van der Waals surface area contributed by atoms with Gasteiger partial charge in [0.15, 0.2) is 0 Å². The first-order chi connectivity index (χ1) is 8.41. The highest BCUT2D eigenvalue weighted by Gasteiger charge is 2.36. The van der Waals surface area contributed by atoms with Crippen molar-refractivity contribution in [3.05, 3.63) is 0 Å². The highest BCUT2D eigenvalue weighted by atomic mass is 32.2. The Morgan fingerprint density at radius 2 is 1.83 bits per heavy atom. The number of carbonyl (C=O) groups excluding carboxylic acids is 1. The van der Waals surface area contributed by atoms with Gasteiger partial charge in [0.1, 0.15) is 5.54 Å². The van der Waals surface area contributed by atoms with Gasteiger partial charge in [-0.1, -0.05) is 20.8 Å². The van der Waals surface area contributed by atoms with Gasteiger partial charge in [0.05, 0.1) is 0 Å². The van der Waals surface area contributed by atoms with Gasteiger partial charge in [0.25, 0.3) is 0 Å². The summed E-state index contributed by atoms with van der Waals surface area (Å²) in [5.41, 5.74) is -1.16. The lowest BCUT2D eigenvalue weighted by atomic mass is 9.93. The Hall–Kier alpha value is -0.910. The number of carboxylic acid groups (broad SMARTS) is 1. The van der Waals surface area contributed by atoms with E-state index in [1.54, 1.807) is 25.6 Å². The van der Waals surface area contributed by atoms with Gasteiger partial charge >= 0.3 is 12.0 Å². The van der Waals surface area contributed by atoms with Gasteiger partial charge in [-0.2, -0.15) is 11.8 Å². The fourth-order valence-corrected chi connectivity index (χ4v) is 2.27. The summed E-state index contributed by atoms with van der Waals surface area (Å²) >= 11 is 1.74. The topological polar surface area (TPSA) is 78.4 Å². The van der Waals surface area contributed by atoms with E-state index in [1.165, 1.54) is 0 Å². The number of carbonyl (C=O) groups is 2. The number of carboxylic acids is 1. The molecule has 106 valence electrons. The Bertz CT molecular complexity index is 280. The standard InChI is InChI=1S/C12H24N2O3S/c1-5-12(6-2,10(15)16)14-11(17)13-9(4)8-18-7-3/h9H,5-8H2,1-4H3,(H,15,16)(H2,13,14,17). The summed E-state index contributed by atoms with van der Waals surface area (Å²) in [4.78, 5) is 23.0. The maximum atomic E-state index is 11.8. The molecule has 0 spiro atoms. The van der Waals surface area contributed by atoms with Crippen molar-refractivity contribution in [3.63, 3.8) is 0 Å². The third-order valence-corrected chi connectivity index (χ3v) is 4.06. The van der Waals surface area contributed by atoms with Crippen molar-refractivity contribution in [2.75, 3.05) is 11.5 Å². The molecule has 0 fully saturated rings. The van der Waals surface area contributed by atoms with Gasteiger partial charge in [0.2, 0.25) is 0 Å². The Balaban J connectivity index is 4.39. The first kappa shape index (κ1) is 17.1. The monoisotopic (exact) mass is 276 g/mol. The van der Waals surface area contributed by atoms with Crippen molar-refractivity contribution in [3.8, 4) is 0 Å². The molecule has 3 N–H and O–H groups in total. The quantitative estimate of drug-likeness (QED) is 0.634. The second kappa shape index (κ2) is 8.24. The van der Waals surface area contributed by atoms with Gasteiger partial charge in [-0.05, 0) is 25.5 Å². The number of amides is 2. The van der Waals surface area contributed by atoms with E-state index in [2.05, 4.69) is 17.6 Å². The smallest absolute Gasteiger partial charge is 0.329 e. The molecule has 0 heterocycles. The van der Waals surface area contributed by atoms with Crippen LogP contribution in [0.4, 0.5) is 4.79 Å². The summed E-state index contributed by atoms with van der Waals surface area (Å²) in [6.07, 6.45) is 0.731. The molecular weight excluding hydrogens is 252 g/mol. The van der Waals surface area contributed by atoms with Crippen LogP contribution >= 0.6 is 11.8 Å². The molecule has 0 aliphatic rings. The SMILES string of the molecule is CCSCC(C)NC(=O)NC(CC)(CC)C(=O)O. The third-order valence-electron chi connectivity index (χ3n) is 2.92. The fraction of sp³-hybridized carbons (Fsp3) is 0.833. The van der Waals surface area contributed by atoms with E-state index >= 15 is 0 Å². The first-order valence-electron chi connectivity index (χ1n) is 6.31. The summed E-state index contributed by atoms with van der Waals surface area (Å²) in [5, 5.41) is 14.5. The van der Waals surface area contributed by atoms with Crippen LogP contribution in [0, 0.1) is 0 Å². The van der Waals surface area contributed by atoms with Crippen molar-refractivity contribution in [2.45, 2.75) is 52.1 Å². The van der Waals surface area contributed by atoms with E-state index in [9.17, 15) is 14.7 Å². The third kappa shape index (κ3) is 5.16. The van der Waals surface area contributed by atoms with Crippen molar-refractivity contribution in [1.82, 2.24) is 10.6 Å². The zero-order chi connectivity index (χ0) is 14.2.